The molecule has 2 aliphatic heterocycles. The van der Waals surface area contributed by atoms with Gasteiger partial charge in [-0.15, -0.1) is 0 Å². The number of halogens is 1. The fourth-order valence-electron chi connectivity index (χ4n) is 4.37. The molecule has 8 nitrogen and oxygen atoms in total. The molecule has 2 amide bonds. The van der Waals surface area contributed by atoms with E-state index in [-0.39, 0.29) is 35.2 Å². The number of piperidine rings is 1. The second kappa shape index (κ2) is 8.52. The Morgan fingerprint density at radius 2 is 1.87 bits per heavy atom. The zero-order valence-electron chi connectivity index (χ0n) is 16.3. The van der Waals surface area contributed by atoms with Crippen molar-refractivity contribution in [2.24, 2.45) is 22.6 Å². The van der Waals surface area contributed by atoms with Crippen LogP contribution in [0.15, 0.2) is 29.3 Å². The molecule has 3 aliphatic rings. The van der Waals surface area contributed by atoms with E-state index >= 15 is 0 Å². The van der Waals surface area contributed by atoms with Gasteiger partial charge >= 0.3 is 0 Å². The van der Waals surface area contributed by atoms with Crippen LogP contribution in [0.1, 0.15) is 19.3 Å². The monoisotopic (exact) mass is 436 g/mol. The molecule has 1 aliphatic carbocycles. The highest BCUT2D eigenvalue weighted by atomic mass is 32.2. The predicted molar refractivity (Wildman–Crippen MR) is 111 cm³/mol. The topological polar surface area (TPSA) is 128 Å². The van der Waals surface area contributed by atoms with Crippen molar-refractivity contribution in [2.45, 2.75) is 42.8 Å². The van der Waals surface area contributed by atoms with Gasteiger partial charge < -0.3 is 26.2 Å². The highest BCUT2D eigenvalue weighted by Crippen LogP contribution is 2.42. The largest absolute Gasteiger partial charge is 0.390 e. The molecule has 5 N–H and O–H groups in total. The number of hydrogen-bond acceptors (Lipinski definition) is 7. The van der Waals surface area contributed by atoms with E-state index in [1.807, 2.05) is 0 Å². The van der Waals surface area contributed by atoms with Crippen molar-refractivity contribution in [3.63, 3.8) is 0 Å². The fourth-order valence-corrected chi connectivity index (χ4v) is 5.74. The minimum absolute atomic E-state index is 0.0930. The number of benzene rings is 1. The molecule has 30 heavy (non-hydrogen) atoms. The van der Waals surface area contributed by atoms with Crippen molar-refractivity contribution in [2.75, 3.05) is 18.4 Å². The minimum atomic E-state index is -1.06. The van der Waals surface area contributed by atoms with E-state index in [9.17, 15) is 24.2 Å². The number of fused-ring (bicyclic) bond motifs is 1. The Kier molecular flexibility index (Phi) is 5.99. The predicted octanol–water partition coefficient (Wildman–Crippen LogP) is 0.543. The molecule has 2 fully saturated rings. The second-order valence-corrected chi connectivity index (χ2v) is 9.21. The molecular weight excluding hydrogens is 411 g/mol. The van der Waals surface area contributed by atoms with Crippen LogP contribution in [-0.4, -0.2) is 68.7 Å². The van der Waals surface area contributed by atoms with Crippen LogP contribution in [0.3, 0.4) is 0 Å². The first-order valence-corrected chi connectivity index (χ1v) is 10.9. The molecule has 1 aromatic carbocycles. The average molecular weight is 437 g/mol. The molecule has 0 spiro atoms. The van der Waals surface area contributed by atoms with Crippen molar-refractivity contribution < 1.29 is 24.2 Å². The molecule has 5 atom stereocenters. The van der Waals surface area contributed by atoms with Crippen LogP contribution in [0.4, 0.5) is 10.1 Å². The molecule has 10 heteroatoms. The van der Waals surface area contributed by atoms with Gasteiger partial charge in [-0.3, -0.25) is 14.6 Å². The van der Waals surface area contributed by atoms with Crippen LogP contribution >= 0.6 is 11.8 Å². The van der Waals surface area contributed by atoms with Crippen molar-refractivity contribution in [3.05, 3.63) is 30.1 Å². The summed E-state index contributed by atoms with van der Waals surface area (Å²) in [5, 5.41) is 24.1. The highest BCUT2D eigenvalue weighted by Gasteiger charge is 2.51. The molecule has 1 aromatic rings. The number of anilines is 1. The third kappa shape index (κ3) is 4.17. The summed E-state index contributed by atoms with van der Waals surface area (Å²) in [4.78, 5) is 30.8. The lowest BCUT2D eigenvalue weighted by Gasteiger charge is -2.40. The number of carbonyl (C=O) groups is 2. The van der Waals surface area contributed by atoms with Gasteiger partial charge in [-0.1, -0.05) is 11.8 Å². The maximum atomic E-state index is 13.2. The van der Waals surface area contributed by atoms with E-state index in [0.717, 1.165) is 0 Å². The average Bonchev–Trinajstić information content (AvgIpc) is 3.16. The summed E-state index contributed by atoms with van der Waals surface area (Å²) in [5.41, 5.74) is 6.02. The Morgan fingerprint density at radius 3 is 2.50 bits per heavy atom. The summed E-state index contributed by atoms with van der Waals surface area (Å²) in [5.74, 6) is -1.49. The summed E-state index contributed by atoms with van der Waals surface area (Å²) in [7, 11) is 0. The first kappa shape index (κ1) is 21.1. The summed E-state index contributed by atoms with van der Waals surface area (Å²) >= 11 is 1.36. The Labute approximate surface area is 177 Å². The van der Waals surface area contributed by atoms with Gasteiger partial charge in [0.2, 0.25) is 11.8 Å². The van der Waals surface area contributed by atoms with Crippen molar-refractivity contribution in [1.29, 1.82) is 0 Å². The number of likely N-dealkylation sites (tertiary alicyclic amines) is 1. The van der Waals surface area contributed by atoms with Crippen molar-refractivity contribution in [1.82, 2.24) is 4.90 Å². The SMILES string of the molecule is NC(=O)C1CCN(C(=O)[C@H]2C[C@@H](O)[C@H](O)[C@@H]3N=C(Nc4ccc(F)cc4)S[C@@H]32)CC1. The third-order valence-electron chi connectivity index (χ3n) is 6.11. The number of aliphatic imine (C=N–C) groups is 1. The number of amidine groups is 1. The molecule has 4 rings (SSSR count). The lowest BCUT2D eigenvalue weighted by atomic mass is 9.80. The number of aliphatic hydroxyl groups is 2. The summed E-state index contributed by atoms with van der Waals surface area (Å²) in [6, 6.07) is 5.21. The van der Waals surface area contributed by atoms with E-state index in [1.54, 1.807) is 17.0 Å². The second-order valence-electron chi connectivity index (χ2n) is 8.04. The van der Waals surface area contributed by atoms with Crippen LogP contribution in [0.2, 0.25) is 0 Å². The third-order valence-corrected chi connectivity index (χ3v) is 7.42. The number of hydrogen-bond donors (Lipinski definition) is 4. The van der Waals surface area contributed by atoms with Gasteiger partial charge in [-0.25, -0.2) is 4.39 Å². The molecule has 1 saturated heterocycles. The number of thioether (sulfide) groups is 1. The summed E-state index contributed by atoms with van der Waals surface area (Å²) in [6.07, 6.45) is -0.872. The Bertz CT molecular complexity index is 844. The zero-order chi connectivity index (χ0) is 21.4. The zero-order valence-corrected chi connectivity index (χ0v) is 17.1. The number of nitrogens with one attached hydrogen (secondary N) is 1. The maximum absolute atomic E-state index is 13.2. The van der Waals surface area contributed by atoms with Crippen molar-refractivity contribution in [3.8, 4) is 0 Å². The molecule has 0 radical (unpaired) electrons. The molecule has 0 aromatic heterocycles. The summed E-state index contributed by atoms with van der Waals surface area (Å²) in [6.45, 7) is 0.899. The van der Waals surface area contributed by atoms with E-state index in [4.69, 9.17) is 5.73 Å². The normalized spacial score (nSPS) is 31.8. The molecule has 2 heterocycles. The maximum Gasteiger partial charge on any atom is 0.227 e. The smallest absolute Gasteiger partial charge is 0.227 e. The number of carbonyl (C=O) groups excluding carboxylic acids is 2. The van der Waals surface area contributed by atoms with Gasteiger partial charge in [-0.05, 0) is 43.5 Å². The lowest BCUT2D eigenvalue weighted by Crippen LogP contribution is -2.55. The number of primary amides is 1. The van der Waals surface area contributed by atoms with Gasteiger partial charge in [0.25, 0.3) is 0 Å². The van der Waals surface area contributed by atoms with Crippen LogP contribution in [0.5, 0.6) is 0 Å². The van der Waals surface area contributed by atoms with Gasteiger partial charge in [0, 0.05) is 29.9 Å². The Hall–Kier alpha value is -2.17. The van der Waals surface area contributed by atoms with Gasteiger partial charge in [0.1, 0.15) is 11.9 Å². The minimum Gasteiger partial charge on any atom is -0.390 e. The number of aliphatic hydroxyl groups excluding tert-OH is 2. The Balaban J connectivity index is 1.46. The fraction of sp³-hybridized carbons (Fsp3) is 0.550. The van der Waals surface area contributed by atoms with Crippen molar-refractivity contribution >= 4 is 34.4 Å². The number of rotatable bonds is 3. The standard InChI is InChI=1S/C20H25FN4O4S/c21-11-1-3-12(4-2-11)23-20-24-15-16(27)14(26)9-13(17(15)30-20)19(29)25-7-5-10(6-8-25)18(22)28/h1-4,10,13-17,26-27H,5-9H2,(H2,22,28)(H,23,24)/t13-,14+,15-,16-,17+/m0/s1. The lowest BCUT2D eigenvalue weighted by molar-refractivity contribution is -0.142. The van der Waals surface area contributed by atoms with E-state index in [1.165, 1.54) is 23.9 Å². The van der Waals surface area contributed by atoms with Crippen LogP contribution < -0.4 is 11.1 Å². The first-order valence-electron chi connectivity index (χ1n) is 10.0. The quantitative estimate of drug-likeness (QED) is 0.548. The molecule has 0 bridgehead atoms. The van der Waals surface area contributed by atoms with E-state index < -0.39 is 24.2 Å². The summed E-state index contributed by atoms with van der Waals surface area (Å²) < 4.78 is 13.1. The molecule has 0 unspecified atom stereocenters. The number of amides is 2. The highest BCUT2D eigenvalue weighted by molar-refractivity contribution is 8.15. The molecule has 162 valence electrons. The number of nitrogens with two attached hydrogens (primary N) is 1. The van der Waals surface area contributed by atoms with Crippen LogP contribution in [0.25, 0.3) is 0 Å². The Morgan fingerprint density at radius 1 is 1.20 bits per heavy atom. The molecular formula is C20H25FN4O4S. The van der Waals surface area contributed by atoms with Crippen LogP contribution in [0, 0.1) is 17.7 Å². The number of nitrogens with zero attached hydrogens (tertiary/aromatic N) is 2. The van der Waals surface area contributed by atoms with Crippen LogP contribution in [-0.2, 0) is 9.59 Å². The van der Waals surface area contributed by atoms with Gasteiger partial charge in [0.05, 0.1) is 18.1 Å². The van der Waals surface area contributed by atoms with Gasteiger partial charge in [-0.2, -0.15) is 0 Å². The molecule has 1 saturated carbocycles. The van der Waals surface area contributed by atoms with E-state index in [2.05, 4.69) is 10.3 Å². The van der Waals surface area contributed by atoms with E-state index in [0.29, 0.717) is 36.8 Å². The first-order chi connectivity index (χ1) is 14.3. The van der Waals surface area contributed by atoms with Gasteiger partial charge in [0.15, 0.2) is 5.17 Å².